The summed E-state index contributed by atoms with van der Waals surface area (Å²) in [7, 11) is 0. The van der Waals surface area contributed by atoms with Crippen LogP contribution in [0, 0.1) is 0 Å². The number of fused-ring (bicyclic) bond motifs is 1. The summed E-state index contributed by atoms with van der Waals surface area (Å²) in [5, 5.41) is 28.6. The van der Waals surface area contributed by atoms with Crippen molar-refractivity contribution in [3.63, 3.8) is 0 Å². The molecule has 1 aliphatic carbocycles. The van der Waals surface area contributed by atoms with Gasteiger partial charge >= 0.3 is 0 Å². The second-order valence-corrected chi connectivity index (χ2v) is 8.89. The Morgan fingerprint density at radius 3 is 2.00 bits per heavy atom. The standard InChI is InChI=1S/C25H37N3O2/c1-19(29)27(20(2)30)28(24-17-22-14-8-9-15-23(22)18-24)25(3,4)26-16-10-13-21-11-6-5-7-12-21/h5-9,11-12,14-15,19-20,24,26,29-30H,10,13,16-18H2,1-4H3. The van der Waals surface area contributed by atoms with Gasteiger partial charge in [0.05, 0.1) is 5.66 Å². The number of benzene rings is 2. The molecule has 3 rings (SSSR count). The number of hydrogen-bond acceptors (Lipinski definition) is 5. The zero-order valence-corrected chi connectivity index (χ0v) is 18.8. The lowest BCUT2D eigenvalue weighted by Gasteiger charge is -2.51. The molecule has 164 valence electrons. The van der Waals surface area contributed by atoms with E-state index < -0.39 is 18.1 Å². The number of aliphatic hydroxyl groups is 2. The summed E-state index contributed by atoms with van der Waals surface area (Å²) in [6, 6.07) is 19.2. The maximum Gasteiger partial charge on any atom is 0.120 e. The van der Waals surface area contributed by atoms with Crippen molar-refractivity contribution in [1.82, 2.24) is 15.3 Å². The maximum absolute atomic E-state index is 10.5. The number of aliphatic hydroxyl groups excluding tert-OH is 2. The third kappa shape index (κ3) is 5.48. The summed E-state index contributed by atoms with van der Waals surface area (Å²) >= 11 is 0. The first-order chi connectivity index (χ1) is 14.3. The Bertz CT molecular complexity index is 759. The molecule has 1 aliphatic rings. The lowest BCUT2D eigenvalue weighted by Crippen LogP contribution is -2.68. The van der Waals surface area contributed by atoms with Crippen molar-refractivity contribution in [2.75, 3.05) is 6.54 Å². The maximum atomic E-state index is 10.5. The van der Waals surface area contributed by atoms with Crippen molar-refractivity contribution >= 4 is 0 Å². The fourth-order valence-electron chi connectivity index (χ4n) is 4.73. The fraction of sp³-hybridized carbons (Fsp3) is 0.520. The summed E-state index contributed by atoms with van der Waals surface area (Å²) in [5.41, 5.74) is 3.61. The smallest absolute Gasteiger partial charge is 0.120 e. The molecule has 0 saturated carbocycles. The molecule has 2 aromatic carbocycles. The lowest BCUT2D eigenvalue weighted by molar-refractivity contribution is -0.258. The second kappa shape index (κ2) is 10.0. The fourth-order valence-corrected chi connectivity index (χ4v) is 4.73. The van der Waals surface area contributed by atoms with Gasteiger partial charge in [-0.05, 0) is 76.6 Å². The van der Waals surface area contributed by atoms with Crippen LogP contribution in [-0.2, 0) is 19.3 Å². The van der Waals surface area contributed by atoms with E-state index in [0.29, 0.717) is 0 Å². The summed E-state index contributed by atoms with van der Waals surface area (Å²) in [4.78, 5) is 0. The van der Waals surface area contributed by atoms with Gasteiger partial charge < -0.3 is 10.2 Å². The minimum atomic E-state index is -0.792. The lowest BCUT2D eigenvalue weighted by atomic mass is 10.1. The van der Waals surface area contributed by atoms with E-state index in [4.69, 9.17) is 0 Å². The highest BCUT2D eigenvalue weighted by Gasteiger charge is 2.42. The minimum Gasteiger partial charge on any atom is -0.377 e. The Balaban J connectivity index is 1.73. The molecule has 0 spiro atoms. The average molecular weight is 412 g/mol. The van der Waals surface area contributed by atoms with Gasteiger partial charge in [-0.15, -0.1) is 0 Å². The normalized spacial score (nSPS) is 16.8. The van der Waals surface area contributed by atoms with E-state index in [1.54, 1.807) is 18.9 Å². The van der Waals surface area contributed by atoms with Gasteiger partial charge in [-0.2, -0.15) is 5.01 Å². The largest absolute Gasteiger partial charge is 0.377 e. The highest BCUT2D eigenvalue weighted by molar-refractivity contribution is 5.33. The van der Waals surface area contributed by atoms with Gasteiger partial charge in [-0.3, -0.25) is 5.32 Å². The number of hydrogen-bond donors (Lipinski definition) is 3. The topological polar surface area (TPSA) is 59.0 Å². The molecule has 0 radical (unpaired) electrons. The molecule has 0 amide bonds. The monoisotopic (exact) mass is 411 g/mol. The summed E-state index contributed by atoms with van der Waals surface area (Å²) in [5.74, 6) is 0. The zero-order valence-electron chi connectivity index (χ0n) is 18.8. The molecular formula is C25H37N3O2. The molecule has 5 heteroatoms. The van der Waals surface area contributed by atoms with Gasteiger partial charge in [0, 0.05) is 6.04 Å². The van der Waals surface area contributed by atoms with Crippen molar-refractivity contribution in [2.45, 2.75) is 77.5 Å². The number of hydrazine groups is 1. The Morgan fingerprint density at radius 2 is 1.47 bits per heavy atom. The van der Waals surface area contributed by atoms with E-state index in [9.17, 15) is 10.2 Å². The first-order valence-electron chi connectivity index (χ1n) is 11.1. The van der Waals surface area contributed by atoms with E-state index in [-0.39, 0.29) is 6.04 Å². The van der Waals surface area contributed by atoms with Gasteiger partial charge in [0.1, 0.15) is 12.5 Å². The predicted molar refractivity (Wildman–Crippen MR) is 122 cm³/mol. The van der Waals surface area contributed by atoms with Crippen LogP contribution in [0.15, 0.2) is 54.6 Å². The van der Waals surface area contributed by atoms with Crippen LogP contribution in [0.25, 0.3) is 0 Å². The molecular weight excluding hydrogens is 374 g/mol. The molecule has 0 heterocycles. The molecule has 2 atom stereocenters. The van der Waals surface area contributed by atoms with Crippen LogP contribution in [-0.4, -0.2) is 50.9 Å². The van der Waals surface area contributed by atoms with Crippen molar-refractivity contribution in [3.8, 4) is 0 Å². The Kier molecular flexibility index (Phi) is 7.66. The quantitative estimate of drug-likeness (QED) is 0.318. The summed E-state index contributed by atoms with van der Waals surface area (Å²) in [6.45, 7) is 8.55. The van der Waals surface area contributed by atoms with Gasteiger partial charge in [0.2, 0.25) is 0 Å². The predicted octanol–water partition coefficient (Wildman–Crippen LogP) is 3.31. The highest BCUT2D eigenvalue weighted by Crippen LogP contribution is 2.31. The number of nitrogens with zero attached hydrogens (tertiary/aromatic N) is 2. The van der Waals surface area contributed by atoms with E-state index in [2.05, 4.69) is 72.7 Å². The van der Waals surface area contributed by atoms with Crippen LogP contribution in [0.2, 0.25) is 0 Å². The molecule has 30 heavy (non-hydrogen) atoms. The minimum absolute atomic E-state index is 0.170. The molecule has 0 bridgehead atoms. The van der Waals surface area contributed by atoms with Crippen LogP contribution in [0.5, 0.6) is 0 Å². The molecule has 0 aliphatic heterocycles. The van der Waals surface area contributed by atoms with Crippen molar-refractivity contribution in [2.24, 2.45) is 0 Å². The van der Waals surface area contributed by atoms with Crippen molar-refractivity contribution < 1.29 is 10.2 Å². The van der Waals surface area contributed by atoms with E-state index in [0.717, 1.165) is 32.2 Å². The molecule has 2 unspecified atom stereocenters. The molecule has 3 N–H and O–H groups in total. The van der Waals surface area contributed by atoms with Gasteiger partial charge in [-0.25, -0.2) is 5.01 Å². The summed E-state index contributed by atoms with van der Waals surface area (Å²) < 4.78 is 0. The first kappa shape index (κ1) is 22.9. The molecule has 0 aromatic heterocycles. The second-order valence-electron chi connectivity index (χ2n) is 8.89. The van der Waals surface area contributed by atoms with Crippen molar-refractivity contribution in [1.29, 1.82) is 0 Å². The summed E-state index contributed by atoms with van der Waals surface area (Å²) in [6.07, 6.45) is 2.27. The van der Waals surface area contributed by atoms with Crippen LogP contribution >= 0.6 is 0 Å². The highest BCUT2D eigenvalue weighted by atomic mass is 16.3. The molecule has 2 aromatic rings. The molecule has 0 fully saturated rings. The van der Waals surface area contributed by atoms with E-state index in [1.165, 1.54) is 16.7 Å². The van der Waals surface area contributed by atoms with Crippen LogP contribution < -0.4 is 5.32 Å². The SMILES string of the molecule is CC(O)N(C(C)O)N(C1Cc2ccccc2C1)C(C)(C)NCCCc1ccccc1. The Hall–Kier alpha value is -1.76. The molecule has 0 saturated heterocycles. The molecule has 5 nitrogen and oxygen atoms in total. The van der Waals surface area contributed by atoms with Gasteiger partial charge in [-0.1, -0.05) is 54.6 Å². The van der Waals surface area contributed by atoms with E-state index >= 15 is 0 Å². The van der Waals surface area contributed by atoms with Crippen LogP contribution in [0.1, 0.15) is 50.8 Å². The van der Waals surface area contributed by atoms with Crippen LogP contribution in [0.3, 0.4) is 0 Å². The van der Waals surface area contributed by atoms with Gasteiger partial charge in [0.25, 0.3) is 0 Å². The van der Waals surface area contributed by atoms with E-state index in [1.807, 2.05) is 6.07 Å². The number of rotatable bonds is 10. The number of aryl methyl sites for hydroxylation is 1. The van der Waals surface area contributed by atoms with Crippen molar-refractivity contribution in [3.05, 3.63) is 71.3 Å². The zero-order chi connectivity index (χ0) is 21.7. The van der Waals surface area contributed by atoms with Gasteiger partial charge in [0.15, 0.2) is 0 Å². The Labute approximate surface area is 181 Å². The first-order valence-corrected chi connectivity index (χ1v) is 11.1. The Morgan fingerprint density at radius 1 is 0.933 bits per heavy atom. The average Bonchev–Trinajstić information content (AvgIpc) is 3.12. The van der Waals surface area contributed by atoms with Crippen LogP contribution in [0.4, 0.5) is 0 Å². The third-order valence-corrected chi connectivity index (χ3v) is 6.01. The number of nitrogens with one attached hydrogen (secondary N) is 1. The third-order valence-electron chi connectivity index (χ3n) is 6.01.